The monoisotopic (exact) mass is 464 g/mol. The van der Waals surface area contributed by atoms with E-state index in [-0.39, 0.29) is 5.91 Å². The van der Waals surface area contributed by atoms with Crippen molar-refractivity contribution in [1.82, 2.24) is 24.8 Å². The summed E-state index contributed by atoms with van der Waals surface area (Å²) in [5.41, 5.74) is 11.8. The quantitative estimate of drug-likeness (QED) is 0.388. The van der Waals surface area contributed by atoms with Crippen LogP contribution < -0.4 is 15.8 Å². The number of para-hydroxylation sites is 1. The van der Waals surface area contributed by atoms with E-state index in [2.05, 4.69) is 15.3 Å². The highest BCUT2D eigenvalue weighted by Gasteiger charge is 2.18. The smallest absolute Gasteiger partial charge is 0.255 e. The maximum atomic E-state index is 12.6. The molecular weight excluding hydrogens is 440 g/mol. The number of fused-ring (bicyclic) bond motifs is 1. The van der Waals surface area contributed by atoms with E-state index >= 15 is 0 Å². The minimum atomic E-state index is -0.193. The van der Waals surface area contributed by atoms with Crippen molar-refractivity contribution in [2.45, 2.75) is 13.5 Å². The third-order valence-electron chi connectivity index (χ3n) is 5.71. The van der Waals surface area contributed by atoms with Crippen molar-refractivity contribution in [3.05, 3.63) is 95.8 Å². The maximum absolute atomic E-state index is 12.6. The van der Waals surface area contributed by atoms with Gasteiger partial charge in [0.15, 0.2) is 11.5 Å². The number of rotatable bonds is 6. The van der Waals surface area contributed by atoms with Gasteiger partial charge in [0.1, 0.15) is 17.1 Å². The van der Waals surface area contributed by atoms with E-state index in [0.29, 0.717) is 29.5 Å². The summed E-state index contributed by atoms with van der Waals surface area (Å²) in [4.78, 5) is 26.3. The van der Waals surface area contributed by atoms with Gasteiger partial charge in [-0.2, -0.15) is 0 Å². The molecule has 0 saturated heterocycles. The summed E-state index contributed by atoms with van der Waals surface area (Å²) in [5.74, 6) is 1.41. The third kappa shape index (κ3) is 4.29. The van der Waals surface area contributed by atoms with E-state index < -0.39 is 0 Å². The molecule has 174 valence electrons. The summed E-state index contributed by atoms with van der Waals surface area (Å²) in [6.07, 6.45) is 3.47. The predicted octanol–water partition coefficient (Wildman–Crippen LogP) is 4.31. The number of aromatic nitrogens is 4. The Morgan fingerprint density at radius 2 is 1.86 bits per heavy atom. The minimum Gasteiger partial charge on any atom is -0.496 e. The Bertz CT molecular complexity index is 1530. The van der Waals surface area contributed by atoms with Crippen molar-refractivity contribution in [3.8, 4) is 22.8 Å². The number of nitrogens with zero attached hydrogens (tertiary/aromatic N) is 4. The number of carbonyl (C=O) groups is 1. The van der Waals surface area contributed by atoms with Gasteiger partial charge >= 0.3 is 0 Å². The molecule has 5 rings (SSSR count). The second kappa shape index (κ2) is 9.26. The van der Waals surface area contributed by atoms with Crippen molar-refractivity contribution < 1.29 is 9.53 Å². The first-order valence-electron chi connectivity index (χ1n) is 11.1. The summed E-state index contributed by atoms with van der Waals surface area (Å²) in [6.45, 7) is 2.36. The lowest BCUT2D eigenvalue weighted by molar-refractivity contribution is 0.0948. The molecule has 0 unspecified atom stereocenters. The molecule has 0 fully saturated rings. The second-order valence-corrected chi connectivity index (χ2v) is 8.11. The van der Waals surface area contributed by atoms with E-state index in [1.807, 2.05) is 72.3 Å². The Morgan fingerprint density at radius 3 is 2.63 bits per heavy atom. The van der Waals surface area contributed by atoms with Gasteiger partial charge in [-0.15, -0.1) is 0 Å². The standard InChI is InChI=1S/C27H24N6O2/c1-17-14-22-26(30-15-17)33(25(32-22)21-7-5-13-29-24(21)28)19-11-9-18(10-12-19)16-31-27(34)20-6-3-4-8-23(20)35-2/h3-15H,16H2,1-2H3,(H2,28,29)(H,31,34). The van der Waals surface area contributed by atoms with Crippen LogP contribution in [0.25, 0.3) is 28.2 Å². The largest absolute Gasteiger partial charge is 0.496 e. The van der Waals surface area contributed by atoms with Crippen LogP contribution in [0.3, 0.4) is 0 Å². The van der Waals surface area contributed by atoms with Gasteiger partial charge in [0.05, 0.1) is 18.2 Å². The molecule has 0 spiro atoms. The van der Waals surface area contributed by atoms with Crippen molar-refractivity contribution >= 4 is 22.9 Å². The fourth-order valence-corrected chi connectivity index (χ4v) is 3.97. The van der Waals surface area contributed by atoms with Gasteiger partial charge in [0.2, 0.25) is 0 Å². The van der Waals surface area contributed by atoms with Crippen LogP contribution in [0.4, 0.5) is 5.82 Å². The highest BCUT2D eigenvalue weighted by Crippen LogP contribution is 2.30. The number of hydrogen-bond acceptors (Lipinski definition) is 6. The average Bonchev–Trinajstić information content (AvgIpc) is 3.26. The van der Waals surface area contributed by atoms with Crippen LogP contribution in [-0.2, 0) is 6.54 Å². The number of methoxy groups -OCH3 is 1. The number of carbonyl (C=O) groups excluding carboxylic acids is 1. The number of aryl methyl sites for hydroxylation is 1. The van der Waals surface area contributed by atoms with E-state index in [1.54, 1.807) is 25.4 Å². The van der Waals surface area contributed by atoms with Gasteiger partial charge < -0.3 is 15.8 Å². The Kier molecular flexibility index (Phi) is 5.85. The molecule has 8 heteroatoms. The number of ether oxygens (including phenoxy) is 1. The molecule has 5 aromatic rings. The number of nitrogen functional groups attached to an aromatic ring is 1. The number of amides is 1. The first kappa shape index (κ1) is 22.1. The molecular formula is C27H24N6O2. The molecule has 2 aromatic carbocycles. The molecule has 0 aliphatic rings. The third-order valence-corrected chi connectivity index (χ3v) is 5.71. The van der Waals surface area contributed by atoms with Gasteiger partial charge in [-0.05, 0) is 60.5 Å². The van der Waals surface area contributed by atoms with Crippen molar-refractivity contribution in [3.63, 3.8) is 0 Å². The molecule has 1 amide bonds. The van der Waals surface area contributed by atoms with E-state index in [9.17, 15) is 4.79 Å². The van der Waals surface area contributed by atoms with Crippen LogP contribution in [0.1, 0.15) is 21.5 Å². The van der Waals surface area contributed by atoms with Crippen LogP contribution in [0.2, 0.25) is 0 Å². The highest BCUT2D eigenvalue weighted by molar-refractivity contribution is 5.96. The number of nitrogens with two attached hydrogens (primary N) is 1. The number of benzene rings is 2. The van der Waals surface area contributed by atoms with Crippen LogP contribution in [0.15, 0.2) is 79.1 Å². The SMILES string of the molecule is COc1ccccc1C(=O)NCc1ccc(-n2c(-c3cccnc3N)nc3cc(C)cnc32)cc1. The second-order valence-electron chi connectivity index (χ2n) is 8.11. The normalized spacial score (nSPS) is 10.9. The Hall–Kier alpha value is -4.72. The van der Waals surface area contributed by atoms with Crippen molar-refractivity contribution in [2.75, 3.05) is 12.8 Å². The topological polar surface area (TPSA) is 108 Å². The lowest BCUT2D eigenvalue weighted by atomic mass is 10.1. The fraction of sp³-hybridized carbons (Fsp3) is 0.111. The number of nitrogens with one attached hydrogen (secondary N) is 1. The average molecular weight is 465 g/mol. The van der Waals surface area contributed by atoms with E-state index in [4.69, 9.17) is 15.5 Å². The minimum absolute atomic E-state index is 0.193. The summed E-state index contributed by atoms with van der Waals surface area (Å²) < 4.78 is 7.26. The van der Waals surface area contributed by atoms with E-state index in [0.717, 1.165) is 33.5 Å². The van der Waals surface area contributed by atoms with Crippen LogP contribution in [0.5, 0.6) is 5.75 Å². The van der Waals surface area contributed by atoms with Gasteiger partial charge in [-0.3, -0.25) is 9.36 Å². The summed E-state index contributed by atoms with van der Waals surface area (Å²) >= 11 is 0. The molecule has 35 heavy (non-hydrogen) atoms. The van der Waals surface area contributed by atoms with Gasteiger partial charge in [0.25, 0.3) is 5.91 Å². The van der Waals surface area contributed by atoms with Crippen LogP contribution >= 0.6 is 0 Å². The lowest BCUT2D eigenvalue weighted by Gasteiger charge is -2.12. The van der Waals surface area contributed by atoms with Gasteiger partial charge in [-0.25, -0.2) is 15.0 Å². The first-order chi connectivity index (χ1) is 17.0. The molecule has 3 N–H and O–H groups in total. The van der Waals surface area contributed by atoms with Gasteiger partial charge in [-0.1, -0.05) is 24.3 Å². The fourth-order valence-electron chi connectivity index (χ4n) is 3.97. The maximum Gasteiger partial charge on any atom is 0.255 e. The molecule has 0 atom stereocenters. The Labute approximate surface area is 202 Å². The zero-order valence-electron chi connectivity index (χ0n) is 19.4. The molecule has 3 aromatic heterocycles. The summed E-state index contributed by atoms with van der Waals surface area (Å²) in [7, 11) is 1.55. The number of imidazole rings is 1. The predicted molar refractivity (Wildman–Crippen MR) is 135 cm³/mol. The highest BCUT2D eigenvalue weighted by atomic mass is 16.5. The molecule has 0 aliphatic heterocycles. The number of pyridine rings is 2. The van der Waals surface area contributed by atoms with Crippen molar-refractivity contribution in [2.24, 2.45) is 0 Å². The zero-order valence-corrected chi connectivity index (χ0v) is 19.4. The lowest BCUT2D eigenvalue weighted by Crippen LogP contribution is -2.23. The summed E-state index contributed by atoms with van der Waals surface area (Å²) in [5, 5.41) is 2.95. The van der Waals surface area contributed by atoms with Crippen LogP contribution in [0, 0.1) is 6.92 Å². The van der Waals surface area contributed by atoms with Crippen molar-refractivity contribution in [1.29, 1.82) is 0 Å². The molecule has 0 aliphatic carbocycles. The molecule has 0 bridgehead atoms. The van der Waals surface area contributed by atoms with Gasteiger partial charge in [0, 0.05) is 24.6 Å². The van der Waals surface area contributed by atoms with E-state index in [1.165, 1.54) is 0 Å². The van der Waals surface area contributed by atoms with Crippen LogP contribution in [-0.4, -0.2) is 32.5 Å². The molecule has 3 heterocycles. The first-order valence-corrected chi connectivity index (χ1v) is 11.1. The number of hydrogen-bond donors (Lipinski definition) is 2. The molecule has 8 nitrogen and oxygen atoms in total. The molecule has 0 radical (unpaired) electrons. The number of anilines is 1. The molecule has 0 saturated carbocycles. The summed E-state index contributed by atoms with van der Waals surface area (Å²) in [6, 6.07) is 20.8. The Morgan fingerprint density at radius 1 is 1.06 bits per heavy atom. The zero-order chi connectivity index (χ0) is 24.4. The Balaban J connectivity index is 1.46.